The van der Waals surface area contributed by atoms with E-state index in [4.69, 9.17) is 9.84 Å². The van der Waals surface area contributed by atoms with E-state index in [2.05, 4.69) is 30.0 Å². The Morgan fingerprint density at radius 1 is 0.967 bits per heavy atom. The summed E-state index contributed by atoms with van der Waals surface area (Å²) in [5, 5.41) is 20.9. The molecule has 12 heteroatoms. The van der Waals surface area contributed by atoms with E-state index >= 15 is 0 Å². The van der Waals surface area contributed by atoms with Crippen LogP contribution in [0.1, 0.15) is 74.3 Å². The average Bonchev–Trinajstić information content (AvgIpc) is 3.59. The second kappa shape index (κ2) is 9.20. The maximum absolute atomic E-state index is 11.6. The molecule has 0 atom stereocenters. The molecule has 30 heavy (non-hydrogen) atoms. The number of aromatic carboxylic acids is 1. The van der Waals surface area contributed by atoms with Gasteiger partial charge in [0.1, 0.15) is 23.7 Å². The highest BCUT2D eigenvalue weighted by molar-refractivity contribution is 6.04. The van der Waals surface area contributed by atoms with E-state index in [0.29, 0.717) is 0 Å². The first-order valence-electron chi connectivity index (χ1n) is 9.31. The molecule has 2 heterocycles. The van der Waals surface area contributed by atoms with Crippen molar-refractivity contribution in [2.24, 2.45) is 0 Å². The number of carboxylic acids is 1. The van der Waals surface area contributed by atoms with Crippen LogP contribution in [0.4, 0.5) is 0 Å². The van der Waals surface area contributed by atoms with Crippen LogP contribution in [-0.4, -0.2) is 57.9 Å². The molecule has 2 saturated carbocycles. The van der Waals surface area contributed by atoms with Crippen LogP contribution in [0, 0.1) is 0 Å². The van der Waals surface area contributed by atoms with Gasteiger partial charge in [-0.05, 0) is 32.6 Å². The third-order valence-corrected chi connectivity index (χ3v) is 4.12. The molecule has 0 saturated heterocycles. The van der Waals surface area contributed by atoms with E-state index in [1.54, 1.807) is 6.92 Å². The van der Waals surface area contributed by atoms with Crippen LogP contribution >= 0.6 is 0 Å². The highest BCUT2D eigenvalue weighted by atomic mass is 16.5. The summed E-state index contributed by atoms with van der Waals surface area (Å²) in [4.78, 5) is 45.1. The minimum atomic E-state index is -1.22. The van der Waals surface area contributed by atoms with Gasteiger partial charge < -0.3 is 29.5 Å². The summed E-state index contributed by atoms with van der Waals surface area (Å²) < 4.78 is 13.8. The van der Waals surface area contributed by atoms with Crippen LogP contribution in [0.15, 0.2) is 21.6 Å². The second-order valence-corrected chi connectivity index (χ2v) is 6.67. The van der Waals surface area contributed by atoms with Crippen molar-refractivity contribution in [3.8, 4) is 0 Å². The summed E-state index contributed by atoms with van der Waals surface area (Å²) in [7, 11) is 0. The maximum atomic E-state index is 11.6. The van der Waals surface area contributed by atoms with Gasteiger partial charge in [-0.15, -0.1) is 0 Å². The van der Waals surface area contributed by atoms with Crippen LogP contribution in [0.3, 0.4) is 0 Å². The smallest absolute Gasteiger partial charge is 0.343 e. The fourth-order valence-electron chi connectivity index (χ4n) is 2.27. The van der Waals surface area contributed by atoms with E-state index in [1.807, 2.05) is 0 Å². The Kier molecular flexibility index (Phi) is 6.45. The Balaban J connectivity index is 0.000000172. The number of hydrogen-bond donors (Lipinski definition) is 3. The van der Waals surface area contributed by atoms with Crippen molar-refractivity contribution in [1.82, 2.24) is 20.9 Å². The molecule has 3 N–H and O–H groups in total. The highest BCUT2D eigenvalue weighted by Crippen LogP contribution is 2.20. The predicted octanol–water partition coefficient (Wildman–Crippen LogP) is 1.01. The van der Waals surface area contributed by atoms with Gasteiger partial charge in [0.25, 0.3) is 11.8 Å². The van der Waals surface area contributed by atoms with E-state index in [0.717, 1.165) is 38.2 Å². The molecule has 0 radical (unpaired) electrons. The summed E-state index contributed by atoms with van der Waals surface area (Å²) in [5.41, 5.74) is -0.307. The monoisotopic (exact) mass is 420 g/mol. The number of esters is 1. The Morgan fingerprint density at radius 3 is 1.87 bits per heavy atom. The van der Waals surface area contributed by atoms with Crippen molar-refractivity contribution in [1.29, 1.82) is 0 Å². The minimum Gasteiger partial charge on any atom is -0.477 e. The lowest BCUT2D eigenvalue weighted by Crippen LogP contribution is -2.27. The van der Waals surface area contributed by atoms with Crippen molar-refractivity contribution in [2.75, 3.05) is 6.61 Å². The van der Waals surface area contributed by atoms with E-state index < -0.39 is 17.8 Å². The molecule has 0 aliphatic heterocycles. The van der Waals surface area contributed by atoms with Crippen molar-refractivity contribution in [2.45, 2.75) is 44.7 Å². The average molecular weight is 420 g/mol. The normalized spacial score (nSPS) is 14.8. The van der Waals surface area contributed by atoms with Crippen molar-refractivity contribution < 1.29 is 38.1 Å². The molecule has 160 valence electrons. The molecule has 2 amide bonds. The number of nitrogens with zero attached hydrogens (tertiary/aromatic N) is 2. The van der Waals surface area contributed by atoms with Gasteiger partial charge in [0.2, 0.25) is 0 Å². The quantitative estimate of drug-likeness (QED) is 0.548. The first-order chi connectivity index (χ1) is 14.4. The molecule has 2 fully saturated rings. The van der Waals surface area contributed by atoms with Gasteiger partial charge in [-0.3, -0.25) is 9.59 Å². The van der Waals surface area contributed by atoms with E-state index in [-0.39, 0.29) is 47.1 Å². The number of hydrogen-bond acceptors (Lipinski definition) is 9. The third kappa shape index (κ3) is 5.43. The summed E-state index contributed by atoms with van der Waals surface area (Å²) >= 11 is 0. The van der Waals surface area contributed by atoms with Crippen LogP contribution < -0.4 is 10.6 Å². The molecule has 12 nitrogen and oxygen atoms in total. The molecule has 2 aromatic heterocycles. The SMILES string of the molecule is CCOC(=O)c1conc1C(=O)NC1CC1.O=C(O)c1conc1C(=O)NC1CC1. The fraction of sp³-hybridized carbons (Fsp3) is 0.444. The number of aromatic nitrogens is 2. The predicted molar refractivity (Wildman–Crippen MR) is 96.9 cm³/mol. The molecule has 0 spiro atoms. The van der Waals surface area contributed by atoms with Crippen LogP contribution in [0.25, 0.3) is 0 Å². The van der Waals surface area contributed by atoms with Gasteiger partial charge in [0.05, 0.1) is 6.61 Å². The first-order valence-corrected chi connectivity index (χ1v) is 9.31. The molecular formula is C18H20N4O8. The van der Waals surface area contributed by atoms with Crippen LogP contribution in [0.2, 0.25) is 0 Å². The van der Waals surface area contributed by atoms with Gasteiger partial charge in [0.15, 0.2) is 11.4 Å². The Morgan fingerprint density at radius 2 is 1.43 bits per heavy atom. The largest absolute Gasteiger partial charge is 0.477 e. The molecule has 0 unspecified atom stereocenters. The standard InChI is InChI=1S/C10H12N2O4.C8H8N2O4/c1-2-15-10(14)7-5-16-12-8(7)9(13)11-6-3-4-6;11-7(9-4-1-2-4)6-5(8(12)13)3-14-10-6/h5-6H,2-4H2,1H3,(H,11,13);3-4H,1-2H2,(H,9,11)(H,12,13). The molecule has 0 bridgehead atoms. The number of nitrogens with one attached hydrogen (secondary N) is 2. The number of carbonyl (C=O) groups excluding carboxylic acids is 3. The zero-order valence-corrected chi connectivity index (χ0v) is 16.0. The van der Waals surface area contributed by atoms with Crippen molar-refractivity contribution in [3.63, 3.8) is 0 Å². The maximum Gasteiger partial charge on any atom is 0.343 e. The van der Waals surface area contributed by atoms with Gasteiger partial charge in [-0.2, -0.15) is 0 Å². The first kappa shape index (κ1) is 21.0. The second-order valence-electron chi connectivity index (χ2n) is 6.67. The summed E-state index contributed by atoms with van der Waals surface area (Å²) in [6, 6.07) is 0.375. The molecule has 2 aliphatic rings. The lowest BCUT2D eigenvalue weighted by atomic mass is 10.2. The van der Waals surface area contributed by atoms with Crippen molar-refractivity contribution in [3.05, 3.63) is 35.0 Å². The van der Waals surface area contributed by atoms with Crippen molar-refractivity contribution >= 4 is 23.8 Å². The summed E-state index contributed by atoms with van der Waals surface area (Å²) in [5.74, 6) is -2.69. The number of carbonyl (C=O) groups is 4. The molecular weight excluding hydrogens is 400 g/mol. The van der Waals surface area contributed by atoms with Crippen LogP contribution in [0.5, 0.6) is 0 Å². The summed E-state index contributed by atoms with van der Waals surface area (Å²) in [6.07, 6.45) is 5.89. The van der Waals surface area contributed by atoms with E-state index in [1.165, 1.54) is 0 Å². The zero-order chi connectivity index (χ0) is 21.7. The van der Waals surface area contributed by atoms with E-state index in [9.17, 15) is 19.2 Å². The third-order valence-electron chi connectivity index (χ3n) is 4.12. The van der Waals surface area contributed by atoms with Gasteiger partial charge in [0, 0.05) is 12.1 Å². The highest BCUT2D eigenvalue weighted by Gasteiger charge is 2.29. The Hall–Kier alpha value is -3.70. The lowest BCUT2D eigenvalue weighted by Gasteiger charge is -2.01. The minimum absolute atomic E-state index is 0.00894. The molecule has 4 rings (SSSR count). The molecule has 0 aromatic carbocycles. The number of rotatable bonds is 7. The molecule has 2 aromatic rings. The zero-order valence-electron chi connectivity index (χ0n) is 16.0. The lowest BCUT2D eigenvalue weighted by molar-refractivity contribution is 0.0521. The Labute approximate surface area is 169 Å². The number of amides is 2. The molecule has 2 aliphatic carbocycles. The van der Waals surface area contributed by atoms with Gasteiger partial charge >= 0.3 is 11.9 Å². The summed E-state index contributed by atoms with van der Waals surface area (Å²) in [6.45, 7) is 1.93. The number of carboxylic acid groups (broad SMARTS) is 1. The number of ether oxygens (including phenoxy) is 1. The van der Waals surface area contributed by atoms with Gasteiger partial charge in [-0.1, -0.05) is 10.3 Å². The van der Waals surface area contributed by atoms with Gasteiger partial charge in [-0.25, -0.2) is 9.59 Å². The fourth-order valence-corrected chi connectivity index (χ4v) is 2.27. The van der Waals surface area contributed by atoms with Crippen LogP contribution in [-0.2, 0) is 4.74 Å². The Bertz CT molecular complexity index is 942. The topological polar surface area (TPSA) is 174 Å².